The average molecular weight is 613 g/mol. The molecule has 0 aliphatic heterocycles. The van der Waals surface area contributed by atoms with Crippen LogP contribution in [-0.4, -0.2) is 55.6 Å². The Morgan fingerprint density at radius 1 is 0.705 bits per heavy atom. The monoisotopic (exact) mass is 612 g/mol. The summed E-state index contributed by atoms with van der Waals surface area (Å²) in [5.41, 5.74) is 3.10. The molecule has 10 nitrogen and oxygen atoms in total. The molecule has 0 spiro atoms. The predicted octanol–water partition coefficient (Wildman–Crippen LogP) is 3.58. The van der Waals surface area contributed by atoms with E-state index in [2.05, 4.69) is 26.0 Å². The normalized spacial score (nSPS) is 11.5. The van der Waals surface area contributed by atoms with Crippen LogP contribution >= 0.6 is 0 Å². The van der Waals surface area contributed by atoms with Crippen molar-refractivity contribution in [1.82, 2.24) is 21.3 Å². The summed E-state index contributed by atoms with van der Waals surface area (Å²) < 4.78 is 41.5. The number of nitrogens with one attached hydrogen (secondary N) is 4. The lowest BCUT2D eigenvalue weighted by Crippen LogP contribution is -2.41. The van der Waals surface area contributed by atoms with E-state index in [4.69, 9.17) is 0 Å². The Balaban J connectivity index is 1.49. The Bertz CT molecular complexity index is 1420. The van der Waals surface area contributed by atoms with Gasteiger partial charge in [-0.3, -0.25) is 14.4 Å². The lowest BCUT2D eigenvalue weighted by molar-refractivity contribution is -0.202. The molecule has 0 bridgehead atoms. The number of carbonyl (C=O) groups excluding carboxylic acids is 5. The maximum Gasteiger partial charge on any atom is 0.491 e. The van der Waals surface area contributed by atoms with Gasteiger partial charge < -0.3 is 26.0 Å². The topological polar surface area (TPSA) is 143 Å². The summed E-state index contributed by atoms with van der Waals surface area (Å²) in [6.45, 7) is -0.117. The number of hydrogen-bond donors (Lipinski definition) is 4. The largest absolute Gasteiger partial charge is 0.491 e. The molecule has 0 saturated heterocycles. The van der Waals surface area contributed by atoms with E-state index >= 15 is 0 Å². The minimum absolute atomic E-state index is 0.0000847. The highest BCUT2D eigenvalue weighted by atomic mass is 19.4. The molecule has 1 unspecified atom stereocenters. The lowest BCUT2D eigenvalue weighted by Gasteiger charge is -2.19. The van der Waals surface area contributed by atoms with Crippen LogP contribution in [-0.2, 0) is 30.3 Å². The second kappa shape index (κ2) is 16.4. The van der Waals surface area contributed by atoms with Crippen LogP contribution < -0.4 is 21.3 Å². The molecular formula is C31H31F3N4O6. The maximum atomic E-state index is 12.6. The van der Waals surface area contributed by atoms with Crippen LogP contribution in [0.25, 0.3) is 11.1 Å². The number of urea groups is 1. The SMILES string of the molecule is O=C(CCNC(=O)NCCc1ccccc1)NCC(=O)NC(CC(=O)OC(=O)C(F)(F)F)c1ccc(-c2ccccc2)cc1. The Morgan fingerprint density at radius 3 is 1.93 bits per heavy atom. The molecule has 0 radical (unpaired) electrons. The fraction of sp³-hybridized carbons (Fsp3) is 0.258. The van der Waals surface area contributed by atoms with Crippen LogP contribution in [0.4, 0.5) is 18.0 Å². The first-order valence-electron chi connectivity index (χ1n) is 13.6. The van der Waals surface area contributed by atoms with Gasteiger partial charge in [-0.15, -0.1) is 0 Å². The van der Waals surface area contributed by atoms with E-state index in [1.807, 2.05) is 60.7 Å². The molecule has 3 aromatic carbocycles. The third kappa shape index (κ3) is 11.6. The summed E-state index contributed by atoms with van der Waals surface area (Å²) in [6, 6.07) is 23.7. The van der Waals surface area contributed by atoms with Gasteiger partial charge in [0.1, 0.15) is 0 Å². The number of amides is 4. The summed E-state index contributed by atoms with van der Waals surface area (Å²) in [4.78, 5) is 59.9. The Morgan fingerprint density at radius 2 is 1.30 bits per heavy atom. The molecule has 13 heteroatoms. The zero-order valence-corrected chi connectivity index (χ0v) is 23.5. The van der Waals surface area contributed by atoms with Crippen LogP contribution in [0.3, 0.4) is 0 Å². The minimum Gasteiger partial charge on any atom is -0.386 e. The molecular weight excluding hydrogens is 581 g/mol. The maximum absolute atomic E-state index is 12.6. The summed E-state index contributed by atoms with van der Waals surface area (Å²) in [5, 5.41) is 10.1. The second-order valence-corrected chi connectivity index (χ2v) is 9.52. The molecule has 232 valence electrons. The standard InChI is InChI=1S/C31H31F3N4O6/c32-31(33,34)29(42)44-28(41)19-25(24-13-11-23(12-14-24)22-9-5-2-6-10-22)38-27(40)20-37-26(39)16-18-36-30(43)35-17-15-21-7-3-1-4-8-21/h1-14,25H,15-20H2,(H,37,39)(H,38,40)(H2,35,36,43). The molecule has 3 aromatic rings. The quantitative estimate of drug-likeness (QED) is 0.172. The third-order valence-electron chi connectivity index (χ3n) is 6.19. The van der Waals surface area contributed by atoms with Gasteiger partial charge in [-0.1, -0.05) is 84.9 Å². The zero-order chi connectivity index (χ0) is 32.0. The van der Waals surface area contributed by atoms with Crippen LogP contribution in [0.1, 0.15) is 30.0 Å². The van der Waals surface area contributed by atoms with Crippen molar-refractivity contribution in [3.05, 3.63) is 96.1 Å². The smallest absolute Gasteiger partial charge is 0.386 e. The van der Waals surface area contributed by atoms with Crippen molar-refractivity contribution >= 4 is 29.8 Å². The molecule has 4 amide bonds. The molecule has 4 N–H and O–H groups in total. The number of hydrogen-bond acceptors (Lipinski definition) is 6. The number of carbonyl (C=O) groups is 5. The van der Waals surface area contributed by atoms with E-state index in [1.165, 1.54) is 0 Å². The van der Waals surface area contributed by atoms with E-state index in [-0.39, 0.29) is 13.0 Å². The number of alkyl halides is 3. The van der Waals surface area contributed by atoms with E-state index in [9.17, 15) is 37.1 Å². The van der Waals surface area contributed by atoms with Gasteiger partial charge in [-0.05, 0) is 28.7 Å². The van der Waals surface area contributed by atoms with Crippen LogP contribution in [0.2, 0.25) is 0 Å². The molecule has 1 atom stereocenters. The van der Waals surface area contributed by atoms with E-state index < -0.39 is 55.0 Å². The van der Waals surface area contributed by atoms with Gasteiger partial charge in [0.25, 0.3) is 0 Å². The van der Waals surface area contributed by atoms with Crippen molar-refractivity contribution in [1.29, 1.82) is 0 Å². The highest BCUT2D eigenvalue weighted by Gasteiger charge is 2.42. The van der Waals surface area contributed by atoms with E-state index in [0.29, 0.717) is 18.5 Å². The second-order valence-electron chi connectivity index (χ2n) is 9.52. The summed E-state index contributed by atoms with van der Waals surface area (Å²) in [5.74, 6) is -5.47. The highest BCUT2D eigenvalue weighted by Crippen LogP contribution is 2.24. The summed E-state index contributed by atoms with van der Waals surface area (Å²) >= 11 is 0. The van der Waals surface area contributed by atoms with Crippen molar-refractivity contribution in [3.63, 3.8) is 0 Å². The van der Waals surface area contributed by atoms with Gasteiger partial charge in [0.05, 0.1) is 19.0 Å². The number of halogens is 3. The third-order valence-corrected chi connectivity index (χ3v) is 6.19. The van der Waals surface area contributed by atoms with Crippen LogP contribution in [0.15, 0.2) is 84.9 Å². The van der Waals surface area contributed by atoms with Crippen LogP contribution in [0, 0.1) is 0 Å². The molecule has 3 rings (SSSR count). The van der Waals surface area contributed by atoms with Crippen molar-refractivity contribution in [2.75, 3.05) is 19.6 Å². The molecule has 0 saturated carbocycles. The fourth-order valence-corrected chi connectivity index (χ4v) is 3.99. The summed E-state index contributed by atoms with van der Waals surface area (Å²) in [7, 11) is 0. The minimum atomic E-state index is -5.37. The molecule has 0 aromatic heterocycles. The average Bonchev–Trinajstić information content (AvgIpc) is 3.00. The first kappa shape index (κ1) is 33.3. The molecule has 44 heavy (non-hydrogen) atoms. The number of benzene rings is 3. The van der Waals surface area contributed by atoms with Crippen molar-refractivity contribution in [2.45, 2.75) is 31.5 Å². The van der Waals surface area contributed by atoms with Gasteiger partial charge in [0, 0.05) is 19.5 Å². The molecule has 0 aliphatic rings. The van der Waals surface area contributed by atoms with Crippen molar-refractivity contribution in [3.8, 4) is 11.1 Å². The number of esters is 2. The van der Waals surface area contributed by atoms with Gasteiger partial charge >= 0.3 is 24.1 Å². The Kier molecular flexibility index (Phi) is 12.4. The van der Waals surface area contributed by atoms with Crippen molar-refractivity contribution in [2.24, 2.45) is 0 Å². The first-order chi connectivity index (χ1) is 21.0. The Hall–Kier alpha value is -5.20. The fourth-order valence-electron chi connectivity index (χ4n) is 3.99. The number of ether oxygens (including phenoxy) is 1. The predicted molar refractivity (Wildman–Crippen MR) is 154 cm³/mol. The first-order valence-corrected chi connectivity index (χ1v) is 13.6. The van der Waals surface area contributed by atoms with E-state index in [0.717, 1.165) is 16.7 Å². The van der Waals surface area contributed by atoms with E-state index in [1.54, 1.807) is 24.3 Å². The van der Waals surface area contributed by atoms with Crippen molar-refractivity contribution < 1.29 is 41.9 Å². The number of rotatable bonds is 13. The Labute approximate surface area is 251 Å². The zero-order valence-electron chi connectivity index (χ0n) is 23.5. The van der Waals surface area contributed by atoms with Gasteiger partial charge in [0.2, 0.25) is 11.8 Å². The lowest BCUT2D eigenvalue weighted by atomic mass is 9.99. The molecule has 0 fully saturated rings. The van der Waals surface area contributed by atoms with Gasteiger partial charge in [0.15, 0.2) is 0 Å². The van der Waals surface area contributed by atoms with Crippen LogP contribution in [0.5, 0.6) is 0 Å². The summed E-state index contributed by atoms with van der Waals surface area (Å²) in [6.07, 6.45) is -5.64. The molecule has 0 aliphatic carbocycles. The van der Waals surface area contributed by atoms with Gasteiger partial charge in [-0.2, -0.15) is 13.2 Å². The highest BCUT2D eigenvalue weighted by molar-refractivity contribution is 5.89. The van der Waals surface area contributed by atoms with Gasteiger partial charge in [-0.25, -0.2) is 9.59 Å². The molecule has 0 heterocycles.